The Balaban J connectivity index is 0.00000163. The fourth-order valence-electron chi connectivity index (χ4n) is 2.68. The lowest BCUT2D eigenvalue weighted by Gasteiger charge is -2.17. The van der Waals surface area contributed by atoms with Gasteiger partial charge < -0.3 is 14.2 Å². The first-order valence-electron chi connectivity index (χ1n) is 8.96. The molecule has 0 aliphatic carbocycles. The third kappa shape index (κ3) is 5.07. The van der Waals surface area contributed by atoms with Crippen LogP contribution in [-0.4, -0.2) is 25.8 Å². The van der Waals surface area contributed by atoms with Crippen LogP contribution in [0.15, 0.2) is 23.8 Å². The molecule has 0 spiro atoms. The highest BCUT2D eigenvalue weighted by molar-refractivity contribution is 8.11. The van der Waals surface area contributed by atoms with Crippen LogP contribution in [0.1, 0.15) is 61.7 Å². The van der Waals surface area contributed by atoms with E-state index in [1.807, 2.05) is 53.7 Å². The van der Waals surface area contributed by atoms with Crippen molar-refractivity contribution in [3.05, 3.63) is 46.1 Å². The fraction of sp³-hybridized carbons (Fsp3) is 0.476. The van der Waals surface area contributed by atoms with Gasteiger partial charge in [-0.05, 0) is 45.4 Å². The summed E-state index contributed by atoms with van der Waals surface area (Å²) in [6.45, 7) is 16.6. The summed E-state index contributed by atoms with van der Waals surface area (Å²) in [6, 6.07) is 1.94. The van der Waals surface area contributed by atoms with Gasteiger partial charge >= 0.3 is 5.97 Å². The van der Waals surface area contributed by atoms with Crippen LogP contribution in [0.2, 0.25) is 0 Å². The van der Waals surface area contributed by atoms with Crippen molar-refractivity contribution in [1.82, 2.24) is 0 Å². The van der Waals surface area contributed by atoms with E-state index in [-0.39, 0.29) is 12.1 Å². The van der Waals surface area contributed by atoms with E-state index in [1.54, 1.807) is 0 Å². The van der Waals surface area contributed by atoms with Gasteiger partial charge in [0, 0.05) is 22.5 Å². The van der Waals surface area contributed by atoms with E-state index in [0.717, 1.165) is 32.4 Å². The number of benzene rings is 1. The molecule has 0 fully saturated rings. The molecule has 26 heavy (non-hydrogen) atoms. The molecule has 1 heterocycles. The molecule has 1 aromatic carbocycles. The second kappa shape index (κ2) is 10.3. The summed E-state index contributed by atoms with van der Waals surface area (Å²) in [7, 11) is 1.40. The largest absolute Gasteiger partial charge is 0.492 e. The Morgan fingerprint density at radius 1 is 1.38 bits per heavy atom. The van der Waals surface area contributed by atoms with Crippen LogP contribution in [0.3, 0.4) is 0 Å². The number of hydrogen-bond acceptors (Lipinski definition) is 5. The predicted octanol–water partition coefficient (Wildman–Crippen LogP) is 5.73. The maximum Gasteiger partial charge on any atom is 0.338 e. The minimum absolute atomic E-state index is 0.0990. The summed E-state index contributed by atoms with van der Waals surface area (Å²) in [5.74, 6) is 0.412. The molecule has 4 nitrogen and oxygen atoms in total. The van der Waals surface area contributed by atoms with Crippen molar-refractivity contribution in [2.75, 3.05) is 13.7 Å². The molecule has 0 N–H and O–H groups in total. The predicted molar refractivity (Wildman–Crippen MR) is 110 cm³/mol. The molecule has 0 amide bonds. The van der Waals surface area contributed by atoms with Crippen molar-refractivity contribution in [2.24, 2.45) is 0 Å². The molecule has 2 rings (SSSR count). The van der Waals surface area contributed by atoms with Gasteiger partial charge in [-0.25, -0.2) is 4.79 Å². The Bertz CT molecular complexity index is 690. The van der Waals surface area contributed by atoms with Gasteiger partial charge in [-0.1, -0.05) is 32.2 Å². The second-order valence-electron chi connectivity index (χ2n) is 5.81. The Labute approximate surface area is 161 Å². The number of rotatable bonds is 6. The summed E-state index contributed by atoms with van der Waals surface area (Å²) >= 11 is 1.47. The minimum Gasteiger partial charge on any atom is -0.492 e. The van der Waals surface area contributed by atoms with E-state index >= 15 is 0 Å². The van der Waals surface area contributed by atoms with Gasteiger partial charge in [0.2, 0.25) is 0 Å². The second-order valence-corrected chi connectivity index (χ2v) is 6.91. The lowest BCUT2D eigenvalue weighted by atomic mass is 9.96. The van der Waals surface area contributed by atoms with Crippen molar-refractivity contribution in [3.8, 4) is 5.75 Å². The number of thioether (sulfide) groups is 1. The van der Waals surface area contributed by atoms with Gasteiger partial charge in [0.25, 0.3) is 0 Å². The van der Waals surface area contributed by atoms with Gasteiger partial charge in [0.15, 0.2) is 5.09 Å². The van der Waals surface area contributed by atoms with E-state index in [0.29, 0.717) is 18.6 Å². The molecule has 0 unspecified atom stereocenters. The molecule has 0 atom stereocenters. The van der Waals surface area contributed by atoms with Crippen LogP contribution in [-0.2, 0) is 15.9 Å². The number of allylic oxidation sites excluding steroid dienone is 1. The molecule has 1 aromatic rings. The van der Waals surface area contributed by atoms with Crippen LogP contribution >= 0.6 is 11.8 Å². The monoisotopic (exact) mass is 378 g/mol. The van der Waals surface area contributed by atoms with E-state index in [9.17, 15) is 4.79 Å². The highest BCUT2D eigenvalue weighted by Crippen LogP contribution is 2.43. The SMILES string of the molecule is C=C(S/C(=C\C)OC(C)C)c1cc(C)c(C(=O)OC)c2c1OCC2.CC. The summed E-state index contributed by atoms with van der Waals surface area (Å²) in [5, 5.41) is 0.802. The van der Waals surface area contributed by atoms with Crippen molar-refractivity contribution in [2.45, 2.75) is 54.1 Å². The molecular weight excluding hydrogens is 348 g/mol. The molecule has 1 aliphatic heterocycles. The van der Waals surface area contributed by atoms with E-state index < -0.39 is 0 Å². The van der Waals surface area contributed by atoms with Crippen molar-refractivity contribution < 1.29 is 19.0 Å². The first-order valence-corrected chi connectivity index (χ1v) is 9.78. The van der Waals surface area contributed by atoms with Gasteiger partial charge in [-0.15, -0.1) is 0 Å². The Morgan fingerprint density at radius 2 is 2.04 bits per heavy atom. The zero-order valence-corrected chi connectivity index (χ0v) is 17.7. The summed E-state index contributed by atoms with van der Waals surface area (Å²) in [4.78, 5) is 12.9. The number of ether oxygens (including phenoxy) is 3. The summed E-state index contributed by atoms with van der Waals surface area (Å²) in [5.41, 5.74) is 3.29. The lowest BCUT2D eigenvalue weighted by molar-refractivity contribution is 0.0599. The maximum absolute atomic E-state index is 12.1. The average molecular weight is 379 g/mol. The Kier molecular flexibility index (Phi) is 8.79. The molecule has 0 bridgehead atoms. The van der Waals surface area contributed by atoms with Gasteiger partial charge in [-0.2, -0.15) is 0 Å². The number of hydrogen-bond donors (Lipinski definition) is 0. The van der Waals surface area contributed by atoms with Crippen molar-refractivity contribution >= 4 is 22.6 Å². The van der Waals surface area contributed by atoms with E-state index in [1.165, 1.54) is 18.9 Å². The number of fused-ring (bicyclic) bond motifs is 1. The van der Waals surface area contributed by atoms with Crippen LogP contribution in [0.5, 0.6) is 5.75 Å². The number of carbonyl (C=O) groups is 1. The van der Waals surface area contributed by atoms with E-state index in [2.05, 4.69) is 6.58 Å². The summed E-state index contributed by atoms with van der Waals surface area (Å²) < 4.78 is 16.5. The van der Waals surface area contributed by atoms with Crippen LogP contribution in [0, 0.1) is 6.92 Å². The van der Waals surface area contributed by atoms with Crippen molar-refractivity contribution in [1.29, 1.82) is 0 Å². The first kappa shape index (κ1) is 22.2. The normalized spacial score (nSPS) is 12.7. The van der Waals surface area contributed by atoms with Crippen molar-refractivity contribution in [3.63, 3.8) is 0 Å². The Hall–Kier alpha value is -1.88. The number of esters is 1. The molecule has 5 heteroatoms. The van der Waals surface area contributed by atoms with Crippen LogP contribution < -0.4 is 4.74 Å². The van der Waals surface area contributed by atoms with Crippen LogP contribution in [0.4, 0.5) is 0 Å². The Morgan fingerprint density at radius 3 is 2.58 bits per heavy atom. The number of methoxy groups -OCH3 is 1. The molecule has 0 aromatic heterocycles. The van der Waals surface area contributed by atoms with E-state index in [4.69, 9.17) is 14.2 Å². The zero-order chi connectivity index (χ0) is 19.9. The third-order valence-electron chi connectivity index (χ3n) is 3.68. The van der Waals surface area contributed by atoms with Gasteiger partial charge in [0.1, 0.15) is 5.75 Å². The van der Waals surface area contributed by atoms with Gasteiger partial charge in [0.05, 0.1) is 25.4 Å². The first-order chi connectivity index (χ1) is 12.4. The standard InChI is InChI=1S/C19H24O4S.C2H6/c1-7-16(23-11(2)3)24-13(5)15-10-12(4)17(19(20)21-6)14-8-9-22-18(14)15;1-2/h7,10-11H,5,8-9H2,1-4,6H3;1-2H3/b16-7-;. The molecule has 0 saturated heterocycles. The molecule has 0 saturated carbocycles. The highest BCUT2D eigenvalue weighted by Gasteiger charge is 2.27. The third-order valence-corrected chi connectivity index (χ3v) is 4.67. The summed E-state index contributed by atoms with van der Waals surface area (Å²) in [6.07, 6.45) is 2.72. The maximum atomic E-state index is 12.1. The molecule has 0 radical (unpaired) electrons. The molecular formula is C21H30O4S. The number of aryl methyl sites for hydroxylation is 1. The minimum atomic E-state index is -0.323. The molecule has 1 aliphatic rings. The van der Waals surface area contributed by atoms with Gasteiger partial charge in [-0.3, -0.25) is 0 Å². The molecule has 144 valence electrons. The number of carbonyl (C=O) groups excluding carboxylic acids is 1. The highest BCUT2D eigenvalue weighted by atomic mass is 32.2. The fourth-order valence-corrected chi connectivity index (χ4v) is 3.54. The average Bonchev–Trinajstić information content (AvgIpc) is 3.10. The smallest absolute Gasteiger partial charge is 0.338 e. The van der Waals surface area contributed by atoms with Crippen LogP contribution in [0.25, 0.3) is 4.91 Å². The topological polar surface area (TPSA) is 44.8 Å². The quantitative estimate of drug-likeness (QED) is 0.467. The lowest BCUT2D eigenvalue weighted by Crippen LogP contribution is -2.08. The zero-order valence-electron chi connectivity index (χ0n) is 16.9.